The number of carboxylic acid groups (broad SMARTS) is 1. The van der Waals surface area contributed by atoms with E-state index in [1.54, 1.807) is 6.08 Å². The molecule has 1 aliphatic carbocycles. The maximum absolute atomic E-state index is 12.3. The molecule has 0 unspecified atom stereocenters. The highest BCUT2D eigenvalue weighted by atomic mass is 16.5. The molecule has 0 radical (unpaired) electrons. The van der Waals surface area contributed by atoms with Crippen molar-refractivity contribution in [2.75, 3.05) is 6.54 Å². The van der Waals surface area contributed by atoms with Gasteiger partial charge in [0, 0.05) is 6.54 Å². The van der Waals surface area contributed by atoms with Gasteiger partial charge in [-0.15, -0.1) is 0 Å². The topological polar surface area (TPSA) is 75.6 Å². The maximum Gasteiger partial charge on any atom is 0.310 e. The van der Waals surface area contributed by atoms with Crippen LogP contribution < -0.4 is 5.32 Å². The number of rotatable bonds is 4. The van der Waals surface area contributed by atoms with Crippen LogP contribution in [0.2, 0.25) is 0 Å². The summed E-state index contributed by atoms with van der Waals surface area (Å²) in [6, 6.07) is 0. The van der Waals surface area contributed by atoms with E-state index in [0.29, 0.717) is 12.5 Å². The highest BCUT2D eigenvalue weighted by Gasteiger charge is 2.53. The molecule has 110 valence electrons. The highest BCUT2D eigenvalue weighted by Crippen LogP contribution is 2.39. The van der Waals surface area contributed by atoms with Crippen molar-refractivity contribution in [1.29, 1.82) is 0 Å². The van der Waals surface area contributed by atoms with Gasteiger partial charge in [-0.1, -0.05) is 31.4 Å². The van der Waals surface area contributed by atoms with E-state index in [4.69, 9.17) is 4.74 Å². The van der Waals surface area contributed by atoms with E-state index in [1.165, 1.54) is 19.3 Å². The molecule has 3 rings (SSSR count). The van der Waals surface area contributed by atoms with Gasteiger partial charge in [-0.3, -0.25) is 9.59 Å². The minimum absolute atomic E-state index is 0.167. The van der Waals surface area contributed by atoms with Crippen LogP contribution in [0.5, 0.6) is 0 Å². The summed E-state index contributed by atoms with van der Waals surface area (Å²) >= 11 is 0. The zero-order valence-corrected chi connectivity index (χ0v) is 11.5. The van der Waals surface area contributed by atoms with Crippen LogP contribution in [0.4, 0.5) is 0 Å². The standard InChI is InChI=1S/C15H21NO4/c17-14(16-8-9-4-2-1-3-5-9)12-10-6-7-11(20-10)13(12)15(18)19/h6-7,9-13H,1-5,8H2,(H,16,17)(H,18,19)/t10-,11-,12+,13-/m1/s1. The second-order valence-electron chi connectivity index (χ2n) is 6.09. The number of ether oxygens (including phenoxy) is 1. The van der Waals surface area contributed by atoms with Crippen LogP contribution in [0, 0.1) is 17.8 Å². The second-order valence-corrected chi connectivity index (χ2v) is 6.09. The Morgan fingerprint density at radius 3 is 2.40 bits per heavy atom. The third-order valence-corrected chi connectivity index (χ3v) is 4.78. The predicted octanol–water partition coefficient (Wildman–Crippen LogP) is 1.34. The second kappa shape index (κ2) is 5.56. The smallest absolute Gasteiger partial charge is 0.310 e. The van der Waals surface area contributed by atoms with Gasteiger partial charge in [0.2, 0.25) is 5.91 Å². The van der Waals surface area contributed by atoms with Crippen LogP contribution in [0.1, 0.15) is 32.1 Å². The number of amides is 1. The van der Waals surface area contributed by atoms with Gasteiger partial charge >= 0.3 is 5.97 Å². The summed E-state index contributed by atoms with van der Waals surface area (Å²) in [5.41, 5.74) is 0. The monoisotopic (exact) mass is 279 g/mol. The van der Waals surface area contributed by atoms with Crippen molar-refractivity contribution < 1.29 is 19.4 Å². The maximum atomic E-state index is 12.3. The number of hydrogen-bond donors (Lipinski definition) is 2. The molecule has 1 saturated heterocycles. The summed E-state index contributed by atoms with van der Waals surface area (Å²) in [6.07, 6.45) is 8.84. The Hall–Kier alpha value is -1.36. The number of fused-ring (bicyclic) bond motifs is 2. The third kappa shape index (κ3) is 2.46. The van der Waals surface area contributed by atoms with Gasteiger partial charge < -0.3 is 15.2 Å². The number of carbonyl (C=O) groups is 2. The van der Waals surface area contributed by atoms with Gasteiger partial charge in [-0.2, -0.15) is 0 Å². The molecule has 0 aromatic heterocycles. The summed E-state index contributed by atoms with van der Waals surface area (Å²) in [6.45, 7) is 0.669. The summed E-state index contributed by atoms with van der Waals surface area (Å²) in [5, 5.41) is 12.2. The molecule has 2 aliphatic heterocycles. The lowest BCUT2D eigenvalue weighted by Crippen LogP contribution is -2.43. The Morgan fingerprint density at radius 2 is 1.75 bits per heavy atom. The molecule has 1 saturated carbocycles. The molecule has 3 aliphatic rings. The lowest BCUT2D eigenvalue weighted by Gasteiger charge is -2.25. The summed E-state index contributed by atoms with van der Waals surface area (Å²) in [5.74, 6) is -1.88. The van der Waals surface area contributed by atoms with E-state index in [2.05, 4.69) is 5.32 Å². The van der Waals surface area contributed by atoms with Crippen molar-refractivity contribution in [3.05, 3.63) is 12.2 Å². The first kappa shape index (κ1) is 13.6. The molecule has 0 aromatic carbocycles. The Bertz CT molecular complexity index is 428. The molecule has 1 amide bonds. The molecule has 2 fully saturated rings. The van der Waals surface area contributed by atoms with Crippen LogP contribution in [-0.2, 0) is 14.3 Å². The molecule has 4 atom stereocenters. The molecular formula is C15H21NO4. The van der Waals surface area contributed by atoms with Crippen molar-refractivity contribution in [3.63, 3.8) is 0 Å². The quantitative estimate of drug-likeness (QED) is 0.761. The molecule has 5 nitrogen and oxygen atoms in total. The predicted molar refractivity (Wildman–Crippen MR) is 72.0 cm³/mol. The highest BCUT2D eigenvalue weighted by molar-refractivity contribution is 5.87. The van der Waals surface area contributed by atoms with Crippen LogP contribution in [0.3, 0.4) is 0 Å². The van der Waals surface area contributed by atoms with Crippen LogP contribution in [-0.4, -0.2) is 35.7 Å². The zero-order valence-electron chi connectivity index (χ0n) is 11.5. The Morgan fingerprint density at radius 1 is 1.10 bits per heavy atom. The van der Waals surface area contributed by atoms with Gasteiger partial charge in [-0.25, -0.2) is 0 Å². The average molecular weight is 279 g/mol. The molecule has 2 N–H and O–H groups in total. The van der Waals surface area contributed by atoms with Crippen LogP contribution in [0.25, 0.3) is 0 Å². The minimum atomic E-state index is -0.945. The Balaban J connectivity index is 1.58. The molecule has 0 aromatic rings. The molecule has 2 bridgehead atoms. The first-order chi connectivity index (χ1) is 9.66. The Labute approximate surface area is 118 Å². The Kier molecular flexibility index (Phi) is 3.78. The zero-order chi connectivity index (χ0) is 14.1. The number of aliphatic carboxylic acids is 1. The van der Waals surface area contributed by atoms with Gasteiger partial charge in [0.25, 0.3) is 0 Å². The first-order valence-corrected chi connectivity index (χ1v) is 7.51. The van der Waals surface area contributed by atoms with Crippen LogP contribution >= 0.6 is 0 Å². The van der Waals surface area contributed by atoms with E-state index in [0.717, 1.165) is 12.8 Å². The normalized spacial score (nSPS) is 36.2. The fourth-order valence-corrected chi connectivity index (χ4v) is 3.67. The fourth-order valence-electron chi connectivity index (χ4n) is 3.67. The molecule has 0 spiro atoms. The van der Waals surface area contributed by atoms with Gasteiger partial charge in [0.1, 0.15) is 5.92 Å². The van der Waals surface area contributed by atoms with Gasteiger partial charge in [0.15, 0.2) is 0 Å². The lowest BCUT2D eigenvalue weighted by atomic mass is 9.82. The van der Waals surface area contributed by atoms with E-state index >= 15 is 0 Å². The summed E-state index contributed by atoms with van der Waals surface area (Å²) in [7, 11) is 0. The SMILES string of the molecule is O=C(NCC1CCCCC1)[C@@H]1[C@H](C(=O)O)[C@H]2C=C[C@H]1O2. The average Bonchev–Trinajstić information content (AvgIpc) is 3.06. The molecule has 5 heteroatoms. The van der Waals surface area contributed by atoms with Crippen molar-refractivity contribution >= 4 is 11.9 Å². The van der Waals surface area contributed by atoms with Crippen LogP contribution in [0.15, 0.2) is 12.2 Å². The minimum Gasteiger partial charge on any atom is -0.481 e. The van der Waals surface area contributed by atoms with Crippen molar-refractivity contribution in [3.8, 4) is 0 Å². The lowest BCUT2D eigenvalue weighted by molar-refractivity contribution is -0.146. The number of carbonyl (C=O) groups excluding carboxylic acids is 1. The molecule has 2 heterocycles. The third-order valence-electron chi connectivity index (χ3n) is 4.78. The molecule has 20 heavy (non-hydrogen) atoms. The van der Waals surface area contributed by atoms with Crippen molar-refractivity contribution in [2.24, 2.45) is 17.8 Å². The number of hydrogen-bond acceptors (Lipinski definition) is 3. The molecular weight excluding hydrogens is 258 g/mol. The van der Waals surface area contributed by atoms with Crippen molar-refractivity contribution in [1.82, 2.24) is 5.32 Å². The van der Waals surface area contributed by atoms with E-state index in [1.807, 2.05) is 6.08 Å². The first-order valence-electron chi connectivity index (χ1n) is 7.51. The number of nitrogens with one attached hydrogen (secondary N) is 1. The fraction of sp³-hybridized carbons (Fsp3) is 0.733. The summed E-state index contributed by atoms with van der Waals surface area (Å²) < 4.78 is 5.52. The number of carboxylic acids is 1. The van der Waals surface area contributed by atoms with E-state index in [-0.39, 0.29) is 12.0 Å². The van der Waals surface area contributed by atoms with Crippen molar-refractivity contribution in [2.45, 2.75) is 44.3 Å². The van der Waals surface area contributed by atoms with Gasteiger partial charge in [-0.05, 0) is 18.8 Å². The van der Waals surface area contributed by atoms with E-state index < -0.39 is 23.9 Å². The summed E-state index contributed by atoms with van der Waals surface area (Å²) in [4.78, 5) is 23.6. The van der Waals surface area contributed by atoms with E-state index in [9.17, 15) is 14.7 Å². The van der Waals surface area contributed by atoms with Gasteiger partial charge in [0.05, 0.1) is 18.1 Å². The largest absolute Gasteiger partial charge is 0.481 e.